The van der Waals surface area contributed by atoms with E-state index in [1.807, 2.05) is 30.3 Å². The van der Waals surface area contributed by atoms with Crippen LogP contribution in [-0.2, 0) is 16.0 Å². The van der Waals surface area contributed by atoms with Crippen molar-refractivity contribution in [3.05, 3.63) is 42.2 Å². The van der Waals surface area contributed by atoms with Crippen molar-refractivity contribution in [1.29, 1.82) is 0 Å². The molecule has 0 saturated carbocycles. The summed E-state index contributed by atoms with van der Waals surface area (Å²) in [6.07, 6.45) is 1.54. The molecule has 1 aromatic carbocycles. The predicted molar refractivity (Wildman–Crippen MR) is 67.2 cm³/mol. The Bertz CT molecular complexity index is 587. The first-order valence-electron chi connectivity index (χ1n) is 5.67. The van der Waals surface area contributed by atoms with Gasteiger partial charge in [-0.05, 0) is 11.5 Å². The molecule has 1 N–H and O–H groups in total. The molecule has 0 aliphatic carbocycles. The van der Waals surface area contributed by atoms with E-state index in [1.54, 1.807) is 6.20 Å². The van der Waals surface area contributed by atoms with Gasteiger partial charge in [0.15, 0.2) is 5.78 Å². The van der Waals surface area contributed by atoms with Crippen LogP contribution in [0.5, 0.6) is 0 Å². The number of carbonyl (C=O) groups is 2. The molecule has 1 heterocycles. The minimum atomic E-state index is -0.589. The second-order valence-electron chi connectivity index (χ2n) is 4.07. The Morgan fingerprint density at radius 1 is 1.11 bits per heavy atom. The second kappa shape index (κ2) is 5.51. The first kappa shape index (κ1) is 12.4. The quantitative estimate of drug-likeness (QED) is 0.804. The van der Waals surface area contributed by atoms with E-state index < -0.39 is 12.4 Å². The van der Waals surface area contributed by atoms with Crippen molar-refractivity contribution in [3.8, 4) is 0 Å². The number of rotatable bonds is 5. The van der Waals surface area contributed by atoms with Crippen LogP contribution in [0.4, 0.5) is 0 Å². The van der Waals surface area contributed by atoms with Crippen molar-refractivity contribution in [1.82, 2.24) is 4.98 Å². The lowest BCUT2D eigenvalue weighted by molar-refractivity contribution is -0.128. The van der Waals surface area contributed by atoms with Crippen molar-refractivity contribution < 1.29 is 14.7 Å². The van der Waals surface area contributed by atoms with Gasteiger partial charge in [-0.15, -0.1) is 0 Å². The van der Waals surface area contributed by atoms with E-state index in [4.69, 9.17) is 5.11 Å². The van der Waals surface area contributed by atoms with E-state index in [2.05, 4.69) is 4.98 Å². The van der Waals surface area contributed by atoms with Gasteiger partial charge in [-0.1, -0.05) is 24.3 Å². The molecule has 0 bridgehead atoms. The minimum Gasteiger partial charge on any atom is -0.389 e. The Morgan fingerprint density at radius 3 is 2.67 bits per heavy atom. The van der Waals surface area contributed by atoms with Gasteiger partial charge in [0.1, 0.15) is 12.4 Å². The zero-order valence-corrected chi connectivity index (χ0v) is 9.80. The number of pyridine rings is 1. The average molecular weight is 243 g/mol. The Morgan fingerprint density at radius 2 is 1.89 bits per heavy atom. The minimum absolute atomic E-state index is 0.118. The van der Waals surface area contributed by atoms with Crippen molar-refractivity contribution in [2.45, 2.75) is 12.8 Å². The topological polar surface area (TPSA) is 67.3 Å². The molecule has 0 unspecified atom stereocenters. The predicted octanol–water partition coefficient (Wildman–Crippen LogP) is 1.30. The highest BCUT2D eigenvalue weighted by atomic mass is 16.3. The van der Waals surface area contributed by atoms with Crippen LogP contribution in [0.15, 0.2) is 36.5 Å². The van der Waals surface area contributed by atoms with Gasteiger partial charge >= 0.3 is 0 Å². The summed E-state index contributed by atoms with van der Waals surface area (Å²) in [5.41, 5.74) is 0.670. The van der Waals surface area contributed by atoms with E-state index >= 15 is 0 Å². The zero-order valence-electron chi connectivity index (χ0n) is 9.80. The van der Waals surface area contributed by atoms with Gasteiger partial charge in [0.2, 0.25) is 0 Å². The van der Waals surface area contributed by atoms with Crippen LogP contribution < -0.4 is 0 Å². The number of aromatic nitrogens is 1. The molecule has 92 valence electrons. The third-order valence-electron chi connectivity index (χ3n) is 2.69. The lowest BCUT2D eigenvalue weighted by Crippen LogP contribution is -2.13. The summed E-state index contributed by atoms with van der Waals surface area (Å²) in [4.78, 5) is 26.8. The van der Waals surface area contributed by atoms with E-state index in [-0.39, 0.29) is 18.6 Å². The molecule has 2 rings (SSSR count). The van der Waals surface area contributed by atoms with E-state index in [9.17, 15) is 9.59 Å². The number of hydrogen-bond donors (Lipinski definition) is 1. The molecule has 0 fully saturated rings. The van der Waals surface area contributed by atoms with Crippen LogP contribution in [-0.4, -0.2) is 28.3 Å². The van der Waals surface area contributed by atoms with Crippen molar-refractivity contribution >= 4 is 22.3 Å². The summed E-state index contributed by atoms with van der Waals surface area (Å²) in [5.74, 6) is -0.682. The number of hydrogen-bond acceptors (Lipinski definition) is 4. The molecular formula is C14H13NO3. The molecule has 2 aromatic rings. The number of aliphatic hydroxyl groups excluding tert-OH is 1. The van der Waals surface area contributed by atoms with Crippen molar-refractivity contribution in [2.75, 3.05) is 6.61 Å². The number of Topliss-reactive ketones (excluding diaryl/α,β-unsaturated/α-hetero) is 2. The fraction of sp³-hybridized carbons (Fsp3) is 0.214. The SMILES string of the molecule is O=C(CO)CC(=O)Cc1nccc2ccccc12. The molecule has 4 heteroatoms. The first-order chi connectivity index (χ1) is 8.70. The number of benzene rings is 1. The molecular weight excluding hydrogens is 230 g/mol. The lowest BCUT2D eigenvalue weighted by atomic mass is 10.0. The first-order valence-corrected chi connectivity index (χ1v) is 5.67. The Kier molecular flexibility index (Phi) is 3.79. The number of carbonyl (C=O) groups excluding carboxylic acids is 2. The standard InChI is InChI=1S/C14H13NO3/c16-9-12(18)7-11(17)8-14-13-4-2-1-3-10(13)5-6-15-14/h1-6,16H,7-9H2. The summed E-state index contributed by atoms with van der Waals surface area (Å²) in [5, 5.41) is 10.5. The van der Waals surface area contributed by atoms with E-state index in [0.29, 0.717) is 5.69 Å². The maximum Gasteiger partial charge on any atom is 0.165 e. The smallest absolute Gasteiger partial charge is 0.165 e. The van der Waals surface area contributed by atoms with Crippen molar-refractivity contribution in [2.24, 2.45) is 0 Å². The van der Waals surface area contributed by atoms with Crippen LogP contribution in [0.25, 0.3) is 10.8 Å². The molecule has 1 aromatic heterocycles. The normalized spacial score (nSPS) is 10.5. The Labute approximate surface area is 104 Å². The third kappa shape index (κ3) is 2.78. The number of nitrogens with zero attached hydrogens (tertiary/aromatic N) is 1. The van der Waals surface area contributed by atoms with Gasteiger partial charge in [0, 0.05) is 18.0 Å². The maximum atomic E-state index is 11.7. The molecule has 0 aliphatic heterocycles. The Balaban J connectivity index is 2.21. The number of ketones is 2. The maximum absolute atomic E-state index is 11.7. The molecule has 0 saturated heterocycles. The van der Waals surface area contributed by atoms with Gasteiger partial charge in [0.05, 0.1) is 12.1 Å². The average Bonchev–Trinajstić information content (AvgIpc) is 2.39. The molecule has 0 amide bonds. The third-order valence-corrected chi connectivity index (χ3v) is 2.69. The fourth-order valence-electron chi connectivity index (χ4n) is 1.85. The van der Waals surface area contributed by atoms with Crippen LogP contribution in [0.3, 0.4) is 0 Å². The monoisotopic (exact) mass is 243 g/mol. The van der Waals surface area contributed by atoms with Crippen LogP contribution in [0, 0.1) is 0 Å². The molecule has 0 spiro atoms. The molecule has 4 nitrogen and oxygen atoms in total. The van der Waals surface area contributed by atoms with Gasteiger partial charge in [-0.2, -0.15) is 0 Å². The molecule has 0 radical (unpaired) electrons. The zero-order chi connectivity index (χ0) is 13.0. The van der Waals surface area contributed by atoms with Gasteiger partial charge < -0.3 is 5.11 Å². The Hall–Kier alpha value is -2.07. The molecule has 0 atom stereocenters. The number of aliphatic hydroxyl groups is 1. The summed E-state index contributed by atoms with van der Waals surface area (Å²) < 4.78 is 0. The van der Waals surface area contributed by atoms with E-state index in [1.165, 1.54) is 0 Å². The highest BCUT2D eigenvalue weighted by Crippen LogP contribution is 2.17. The molecule has 0 aliphatic rings. The van der Waals surface area contributed by atoms with Crippen LogP contribution in [0.1, 0.15) is 12.1 Å². The fourth-order valence-corrected chi connectivity index (χ4v) is 1.85. The highest BCUT2D eigenvalue weighted by molar-refractivity contribution is 6.01. The highest BCUT2D eigenvalue weighted by Gasteiger charge is 2.11. The summed E-state index contributed by atoms with van der Waals surface area (Å²) in [7, 11) is 0. The molecule has 18 heavy (non-hydrogen) atoms. The summed E-state index contributed by atoms with van der Waals surface area (Å²) >= 11 is 0. The van der Waals surface area contributed by atoms with Gasteiger partial charge in [-0.3, -0.25) is 14.6 Å². The second-order valence-corrected chi connectivity index (χ2v) is 4.07. The van der Waals surface area contributed by atoms with Crippen molar-refractivity contribution in [3.63, 3.8) is 0 Å². The summed E-state index contributed by atoms with van der Waals surface area (Å²) in [6, 6.07) is 9.53. The number of fused-ring (bicyclic) bond motifs is 1. The van der Waals surface area contributed by atoms with Gasteiger partial charge in [0.25, 0.3) is 0 Å². The summed E-state index contributed by atoms with van der Waals surface area (Å²) in [6.45, 7) is -0.589. The van der Waals surface area contributed by atoms with E-state index in [0.717, 1.165) is 10.8 Å². The largest absolute Gasteiger partial charge is 0.389 e. The van der Waals surface area contributed by atoms with Crippen LogP contribution >= 0.6 is 0 Å². The lowest BCUT2D eigenvalue weighted by Gasteiger charge is -2.04. The van der Waals surface area contributed by atoms with Gasteiger partial charge in [-0.25, -0.2) is 0 Å². The van der Waals surface area contributed by atoms with Crippen LogP contribution in [0.2, 0.25) is 0 Å².